The maximum atomic E-state index is 11.9. The molecule has 0 radical (unpaired) electrons. The van der Waals surface area contributed by atoms with Gasteiger partial charge in [-0.3, -0.25) is 4.79 Å². The Morgan fingerprint density at radius 2 is 2.14 bits per heavy atom. The second-order valence-corrected chi connectivity index (χ2v) is 6.21. The van der Waals surface area contributed by atoms with Crippen LogP contribution in [-0.4, -0.2) is 27.4 Å². The maximum absolute atomic E-state index is 11.9. The second kappa shape index (κ2) is 8.56. The van der Waals surface area contributed by atoms with E-state index in [1.165, 1.54) is 12.1 Å². The number of hydrogen-bond acceptors (Lipinski definition) is 4. The van der Waals surface area contributed by atoms with Crippen LogP contribution in [0.2, 0.25) is 0 Å². The molecule has 0 aliphatic carbocycles. The number of carbonyl (C=O) groups is 1. The lowest BCUT2D eigenvalue weighted by molar-refractivity contribution is -0.116. The summed E-state index contributed by atoms with van der Waals surface area (Å²) >= 11 is 0. The van der Waals surface area contributed by atoms with Crippen LogP contribution in [0.3, 0.4) is 0 Å². The molecule has 6 nitrogen and oxygen atoms in total. The molecular formula is C14H21N3O3S. The van der Waals surface area contributed by atoms with Gasteiger partial charge in [0.15, 0.2) is 0 Å². The number of carbonyl (C=O) groups excluding carboxylic acids is 1. The number of hydrogen-bond donors (Lipinski definition) is 3. The van der Waals surface area contributed by atoms with Crippen molar-refractivity contribution in [1.29, 1.82) is 0 Å². The number of unbranched alkanes of at least 4 members (excludes halogenated alkanes) is 1. The van der Waals surface area contributed by atoms with Crippen molar-refractivity contribution in [3.05, 3.63) is 36.9 Å². The Morgan fingerprint density at radius 3 is 2.81 bits per heavy atom. The Labute approximate surface area is 125 Å². The lowest BCUT2D eigenvalue weighted by Crippen LogP contribution is -2.29. The van der Waals surface area contributed by atoms with Crippen LogP contribution in [0, 0.1) is 0 Å². The van der Waals surface area contributed by atoms with E-state index in [9.17, 15) is 13.2 Å². The quantitative estimate of drug-likeness (QED) is 0.471. The van der Waals surface area contributed by atoms with Crippen molar-refractivity contribution in [3.63, 3.8) is 0 Å². The van der Waals surface area contributed by atoms with Crippen molar-refractivity contribution >= 4 is 21.6 Å². The lowest BCUT2D eigenvalue weighted by Gasteiger charge is -2.09. The standard InChI is InChI=1S/C14H21N3O3S/c1-2-3-4-8-14(18)17-12-6-5-7-13(11-12)21(19,20)16-10-9-15/h2,5-7,11,16H,1,3-4,8-10,15H2,(H,17,18). The van der Waals surface area contributed by atoms with Crippen molar-refractivity contribution in [2.45, 2.75) is 24.2 Å². The van der Waals surface area contributed by atoms with Gasteiger partial charge in [-0.25, -0.2) is 13.1 Å². The van der Waals surface area contributed by atoms with E-state index >= 15 is 0 Å². The Bertz CT molecular complexity index is 585. The Kier molecular flexibility index (Phi) is 7.07. The van der Waals surface area contributed by atoms with Crippen LogP contribution in [0.25, 0.3) is 0 Å². The SMILES string of the molecule is C=CCCCC(=O)Nc1cccc(S(=O)(=O)NCCN)c1. The number of anilines is 1. The summed E-state index contributed by atoms with van der Waals surface area (Å²) in [4.78, 5) is 11.8. The number of nitrogens with two attached hydrogens (primary N) is 1. The molecule has 0 saturated heterocycles. The largest absolute Gasteiger partial charge is 0.329 e. The highest BCUT2D eigenvalue weighted by atomic mass is 32.2. The molecule has 21 heavy (non-hydrogen) atoms. The van der Waals surface area contributed by atoms with Crippen LogP contribution in [0.15, 0.2) is 41.8 Å². The van der Waals surface area contributed by atoms with Crippen LogP contribution in [-0.2, 0) is 14.8 Å². The predicted octanol–water partition coefficient (Wildman–Crippen LogP) is 1.22. The molecule has 1 aromatic rings. The summed E-state index contributed by atoms with van der Waals surface area (Å²) in [5.41, 5.74) is 5.73. The molecule has 0 unspecified atom stereocenters. The topological polar surface area (TPSA) is 101 Å². The maximum Gasteiger partial charge on any atom is 0.240 e. The third-order valence-corrected chi connectivity index (χ3v) is 4.14. The monoisotopic (exact) mass is 311 g/mol. The highest BCUT2D eigenvalue weighted by molar-refractivity contribution is 7.89. The first-order valence-corrected chi connectivity index (χ1v) is 8.18. The smallest absolute Gasteiger partial charge is 0.240 e. The lowest BCUT2D eigenvalue weighted by atomic mass is 10.2. The zero-order valence-corrected chi connectivity index (χ0v) is 12.7. The molecule has 0 spiro atoms. The van der Waals surface area contributed by atoms with Crippen LogP contribution in [0.4, 0.5) is 5.69 Å². The molecule has 7 heteroatoms. The molecule has 0 bridgehead atoms. The first kappa shape index (κ1) is 17.4. The molecule has 0 aliphatic rings. The van der Waals surface area contributed by atoms with E-state index in [0.717, 1.165) is 6.42 Å². The van der Waals surface area contributed by atoms with Gasteiger partial charge < -0.3 is 11.1 Å². The predicted molar refractivity (Wildman–Crippen MR) is 83.4 cm³/mol. The minimum Gasteiger partial charge on any atom is -0.329 e. The molecule has 4 N–H and O–H groups in total. The van der Waals surface area contributed by atoms with E-state index in [1.807, 2.05) is 0 Å². The van der Waals surface area contributed by atoms with Crippen LogP contribution >= 0.6 is 0 Å². The normalized spacial score (nSPS) is 11.1. The average molecular weight is 311 g/mol. The van der Waals surface area contributed by atoms with Gasteiger partial charge in [-0.1, -0.05) is 12.1 Å². The number of amides is 1. The van der Waals surface area contributed by atoms with E-state index in [2.05, 4.69) is 16.6 Å². The number of benzene rings is 1. The number of allylic oxidation sites excluding steroid dienone is 1. The molecule has 0 saturated carbocycles. The summed E-state index contributed by atoms with van der Waals surface area (Å²) in [6.07, 6.45) is 3.61. The highest BCUT2D eigenvalue weighted by Gasteiger charge is 2.13. The van der Waals surface area contributed by atoms with Crippen molar-refractivity contribution in [2.75, 3.05) is 18.4 Å². The fourth-order valence-electron chi connectivity index (χ4n) is 1.65. The van der Waals surface area contributed by atoms with E-state index < -0.39 is 10.0 Å². The first-order chi connectivity index (χ1) is 9.99. The van der Waals surface area contributed by atoms with Crippen molar-refractivity contribution in [1.82, 2.24) is 4.72 Å². The van der Waals surface area contributed by atoms with Crippen molar-refractivity contribution in [3.8, 4) is 0 Å². The summed E-state index contributed by atoms with van der Waals surface area (Å²) in [7, 11) is -3.60. The van der Waals surface area contributed by atoms with Crippen LogP contribution in [0.1, 0.15) is 19.3 Å². The van der Waals surface area contributed by atoms with Gasteiger partial charge >= 0.3 is 0 Å². The number of nitrogens with one attached hydrogen (secondary N) is 2. The van der Waals surface area contributed by atoms with Gasteiger partial charge in [0.05, 0.1) is 4.90 Å². The van der Waals surface area contributed by atoms with Gasteiger partial charge in [0, 0.05) is 25.2 Å². The summed E-state index contributed by atoms with van der Waals surface area (Å²) in [6.45, 7) is 3.98. The van der Waals surface area contributed by atoms with E-state index in [1.54, 1.807) is 18.2 Å². The Hall–Kier alpha value is -1.70. The first-order valence-electron chi connectivity index (χ1n) is 6.70. The fraction of sp³-hybridized carbons (Fsp3) is 0.357. The van der Waals surface area contributed by atoms with E-state index in [0.29, 0.717) is 18.5 Å². The summed E-state index contributed by atoms with van der Waals surface area (Å²) < 4.78 is 26.3. The molecule has 0 heterocycles. The average Bonchev–Trinajstić information content (AvgIpc) is 2.46. The zero-order valence-electron chi connectivity index (χ0n) is 11.8. The van der Waals surface area contributed by atoms with Crippen LogP contribution < -0.4 is 15.8 Å². The van der Waals surface area contributed by atoms with Gasteiger partial charge in [-0.15, -0.1) is 6.58 Å². The molecular weight excluding hydrogens is 290 g/mol. The molecule has 116 valence electrons. The summed E-state index contributed by atoms with van der Waals surface area (Å²) in [5.74, 6) is -0.152. The Balaban J connectivity index is 2.72. The molecule has 1 amide bonds. The zero-order chi connectivity index (χ0) is 15.7. The van der Waals surface area contributed by atoms with Crippen LogP contribution in [0.5, 0.6) is 0 Å². The minimum atomic E-state index is -3.60. The number of rotatable bonds is 9. The van der Waals surface area contributed by atoms with Gasteiger partial charge in [0.2, 0.25) is 15.9 Å². The molecule has 0 aromatic heterocycles. The van der Waals surface area contributed by atoms with Gasteiger partial charge in [0.1, 0.15) is 0 Å². The molecule has 0 aliphatic heterocycles. The molecule has 1 rings (SSSR count). The molecule has 1 aromatic carbocycles. The van der Waals surface area contributed by atoms with E-state index in [4.69, 9.17) is 5.73 Å². The number of sulfonamides is 1. The van der Waals surface area contributed by atoms with Gasteiger partial charge in [-0.05, 0) is 31.0 Å². The third-order valence-electron chi connectivity index (χ3n) is 2.68. The Morgan fingerprint density at radius 1 is 1.38 bits per heavy atom. The second-order valence-electron chi connectivity index (χ2n) is 4.44. The highest BCUT2D eigenvalue weighted by Crippen LogP contribution is 2.15. The van der Waals surface area contributed by atoms with Gasteiger partial charge in [0.25, 0.3) is 0 Å². The minimum absolute atomic E-state index is 0.0971. The fourth-order valence-corrected chi connectivity index (χ4v) is 2.74. The van der Waals surface area contributed by atoms with E-state index in [-0.39, 0.29) is 23.9 Å². The van der Waals surface area contributed by atoms with Crippen molar-refractivity contribution in [2.24, 2.45) is 5.73 Å². The molecule has 0 fully saturated rings. The summed E-state index contributed by atoms with van der Waals surface area (Å²) in [5, 5.41) is 2.68. The summed E-state index contributed by atoms with van der Waals surface area (Å²) in [6, 6.07) is 6.11. The third kappa shape index (κ3) is 6.07. The molecule has 0 atom stereocenters. The van der Waals surface area contributed by atoms with Gasteiger partial charge in [-0.2, -0.15) is 0 Å². The van der Waals surface area contributed by atoms with Crippen molar-refractivity contribution < 1.29 is 13.2 Å².